The van der Waals surface area contributed by atoms with Crippen LogP contribution in [-0.2, 0) is 11.3 Å². The first-order valence-corrected chi connectivity index (χ1v) is 17.4. The molecule has 0 aromatic carbocycles. The number of fused-ring (bicyclic) bond motifs is 6. The predicted octanol–water partition coefficient (Wildman–Crippen LogP) is 5.64. The summed E-state index contributed by atoms with van der Waals surface area (Å²) in [7, 11) is 0. The first kappa shape index (κ1) is 31.8. The smallest absolute Gasteiger partial charge is 0.404 e. The van der Waals surface area contributed by atoms with E-state index < -0.39 is 6.09 Å². The predicted molar refractivity (Wildman–Crippen MR) is 185 cm³/mol. The number of pyridine rings is 1. The number of ether oxygens (including phenoxy) is 1. The van der Waals surface area contributed by atoms with Gasteiger partial charge in [-0.3, -0.25) is 13.8 Å². The van der Waals surface area contributed by atoms with E-state index in [1.54, 1.807) is 30.7 Å². The molecule has 2 aliphatic rings. The molecule has 0 radical (unpaired) electrons. The maximum atomic E-state index is 10.0. The van der Waals surface area contributed by atoms with E-state index in [9.17, 15) is 4.79 Å². The van der Waals surface area contributed by atoms with Gasteiger partial charge in [0.1, 0.15) is 11.6 Å². The fourth-order valence-corrected chi connectivity index (χ4v) is 8.12. The summed E-state index contributed by atoms with van der Waals surface area (Å²) in [6, 6.07) is 9.47. The average molecular weight is 677 g/mol. The Balaban J connectivity index is 0.000000283. The molecule has 50 heavy (non-hydrogen) atoms. The summed E-state index contributed by atoms with van der Waals surface area (Å²) in [6.07, 6.45) is 14.7. The average Bonchev–Trinajstić information content (AvgIpc) is 3.98. The largest absolute Gasteiger partial charge is 0.465 e. The van der Waals surface area contributed by atoms with Crippen molar-refractivity contribution in [3.8, 4) is 0 Å². The zero-order valence-corrected chi connectivity index (χ0v) is 28.0. The van der Waals surface area contributed by atoms with Crippen LogP contribution in [0.4, 0.5) is 4.79 Å². The van der Waals surface area contributed by atoms with Gasteiger partial charge in [-0.05, 0) is 61.8 Å². The molecule has 7 aromatic rings. The van der Waals surface area contributed by atoms with Gasteiger partial charge in [0.25, 0.3) is 0 Å². The SMILES string of the molecule is CC[C@@H]1C[C@H](O[C@H]2C[C@@H](CC)[C@@H](c3nnc4cnc5[nH]ccc5n34)C2)C[C@@H]1c1nnc2cnc3[nH]ccc3n12.O=C(O)NCc1ccccn1. The quantitative estimate of drug-likeness (QED) is 0.157. The third-order valence-corrected chi connectivity index (χ3v) is 10.5. The molecule has 0 saturated heterocycles. The van der Waals surface area contributed by atoms with Gasteiger partial charge in [0.2, 0.25) is 0 Å². The standard InChI is InChI=1S/C28H32N10O.C7H8N2O2/c1-3-15-9-17(11-19(15)27-35-33-23-13-31-25-21(37(23)27)5-7-29-25)39-18-10-16(4-2)20(12-18)28-36-34-24-14-32-26-22(38(24)28)6-8-30-26;10-7(11)9-5-6-3-1-2-4-8-6/h5-8,13-20,29-30H,3-4,9-12H2,1-2H3;1-4,9H,5H2,(H,10,11)/t15-,16-,17+,18+,19+,20+;/m1./s1. The normalized spacial score (nSPS) is 23.6. The Hall–Kier alpha value is -5.44. The number of hydrogen-bond acceptors (Lipinski definition) is 9. The van der Waals surface area contributed by atoms with E-state index >= 15 is 0 Å². The molecule has 15 nitrogen and oxygen atoms in total. The Labute approximate surface area is 286 Å². The number of aromatic nitrogens is 11. The molecule has 6 atom stereocenters. The topological polar surface area (TPSA) is 189 Å². The highest BCUT2D eigenvalue weighted by molar-refractivity contribution is 5.75. The van der Waals surface area contributed by atoms with Gasteiger partial charge in [-0.2, -0.15) is 0 Å². The zero-order chi connectivity index (χ0) is 34.2. The molecule has 0 spiro atoms. The zero-order valence-electron chi connectivity index (χ0n) is 28.0. The summed E-state index contributed by atoms with van der Waals surface area (Å²) < 4.78 is 11.3. The van der Waals surface area contributed by atoms with E-state index in [2.05, 4.69) is 85.4 Å². The van der Waals surface area contributed by atoms with Crippen molar-refractivity contribution in [1.82, 2.24) is 59.4 Å². The molecule has 2 aliphatic carbocycles. The molecule has 0 bridgehead atoms. The van der Waals surface area contributed by atoms with Crippen LogP contribution >= 0.6 is 0 Å². The maximum absolute atomic E-state index is 10.0. The number of H-pyrrole nitrogens is 2. The fraction of sp³-hybridized carbons (Fsp3) is 0.429. The minimum absolute atomic E-state index is 0.216. The Kier molecular flexibility index (Phi) is 8.56. The van der Waals surface area contributed by atoms with Crippen LogP contribution in [0.1, 0.15) is 81.6 Å². The Bertz CT molecular complexity index is 2110. The summed E-state index contributed by atoms with van der Waals surface area (Å²) in [5, 5.41) is 28.7. The fourth-order valence-electron chi connectivity index (χ4n) is 8.12. The van der Waals surface area contributed by atoms with Crippen LogP contribution in [0.3, 0.4) is 0 Å². The van der Waals surface area contributed by atoms with Gasteiger partial charge in [0, 0.05) is 30.4 Å². The molecule has 258 valence electrons. The highest BCUT2D eigenvalue weighted by atomic mass is 16.5. The van der Waals surface area contributed by atoms with Crippen molar-refractivity contribution in [3.63, 3.8) is 0 Å². The van der Waals surface area contributed by atoms with Gasteiger partial charge in [0.05, 0.1) is 47.9 Å². The van der Waals surface area contributed by atoms with Crippen LogP contribution in [-0.4, -0.2) is 77.5 Å². The van der Waals surface area contributed by atoms with E-state index in [1.807, 2.05) is 18.5 Å². The van der Waals surface area contributed by atoms with Crippen LogP contribution in [0.2, 0.25) is 0 Å². The molecule has 9 rings (SSSR count). The number of aromatic amines is 2. The van der Waals surface area contributed by atoms with Gasteiger partial charge >= 0.3 is 6.09 Å². The van der Waals surface area contributed by atoms with Gasteiger partial charge in [-0.1, -0.05) is 32.8 Å². The van der Waals surface area contributed by atoms with E-state index in [-0.39, 0.29) is 18.8 Å². The van der Waals surface area contributed by atoms with Gasteiger partial charge in [-0.15, -0.1) is 20.4 Å². The number of hydrogen-bond donors (Lipinski definition) is 4. The lowest BCUT2D eigenvalue weighted by atomic mass is 9.93. The third kappa shape index (κ3) is 5.91. The lowest BCUT2D eigenvalue weighted by Crippen LogP contribution is -2.20. The minimum Gasteiger partial charge on any atom is -0.465 e. The summed E-state index contributed by atoms with van der Waals surface area (Å²) in [4.78, 5) is 29.4. The second kappa shape index (κ2) is 13.5. The molecule has 7 heterocycles. The van der Waals surface area contributed by atoms with Crippen molar-refractivity contribution in [2.45, 2.75) is 83.0 Å². The van der Waals surface area contributed by atoms with Crippen molar-refractivity contribution in [3.05, 3.63) is 78.7 Å². The van der Waals surface area contributed by atoms with Crippen molar-refractivity contribution in [2.24, 2.45) is 11.8 Å². The lowest BCUT2D eigenvalue weighted by molar-refractivity contribution is -0.00877. The number of nitrogens with zero attached hydrogens (tertiary/aromatic N) is 9. The Morgan fingerprint density at radius 3 is 1.84 bits per heavy atom. The van der Waals surface area contributed by atoms with Gasteiger partial charge < -0.3 is 25.1 Å². The minimum atomic E-state index is -1.03. The summed E-state index contributed by atoms with van der Waals surface area (Å²) in [5.41, 5.74) is 6.10. The molecule has 1 amide bonds. The molecule has 4 N–H and O–H groups in total. The molecule has 2 fully saturated rings. The number of carboxylic acid groups (broad SMARTS) is 1. The van der Waals surface area contributed by atoms with Crippen molar-refractivity contribution >= 4 is 39.7 Å². The number of rotatable bonds is 8. The second-order valence-corrected chi connectivity index (χ2v) is 13.3. The first-order chi connectivity index (χ1) is 24.5. The summed E-state index contributed by atoms with van der Waals surface area (Å²) >= 11 is 0. The van der Waals surface area contributed by atoms with Crippen LogP contribution in [0.5, 0.6) is 0 Å². The summed E-state index contributed by atoms with van der Waals surface area (Å²) in [6.45, 7) is 4.82. The van der Waals surface area contributed by atoms with Crippen LogP contribution in [0.15, 0.2) is 61.3 Å². The van der Waals surface area contributed by atoms with Crippen molar-refractivity contribution in [2.75, 3.05) is 0 Å². The van der Waals surface area contributed by atoms with Gasteiger partial charge in [0.15, 0.2) is 22.6 Å². The Morgan fingerprint density at radius 1 is 0.800 bits per heavy atom. The molecule has 7 aromatic heterocycles. The van der Waals surface area contributed by atoms with Gasteiger partial charge in [-0.25, -0.2) is 14.8 Å². The molecule has 0 unspecified atom stereocenters. The maximum Gasteiger partial charge on any atom is 0.404 e. The van der Waals surface area contributed by atoms with Crippen LogP contribution in [0.25, 0.3) is 33.6 Å². The lowest BCUT2D eigenvalue weighted by Gasteiger charge is -2.18. The highest BCUT2D eigenvalue weighted by Crippen LogP contribution is 2.47. The molecular formula is C35H40N12O3. The second-order valence-electron chi connectivity index (χ2n) is 13.3. The van der Waals surface area contributed by atoms with E-state index in [4.69, 9.17) is 9.84 Å². The molecule has 15 heteroatoms. The summed E-state index contributed by atoms with van der Waals surface area (Å²) in [5.74, 6) is 3.71. The number of carbonyl (C=O) groups is 1. The van der Waals surface area contributed by atoms with E-state index in [0.29, 0.717) is 23.7 Å². The highest BCUT2D eigenvalue weighted by Gasteiger charge is 2.42. The van der Waals surface area contributed by atoms with Crippen molar-refractivity contribution < 1.29 is 14.6 Å². The molecule has 2 saturated carbocycles. The number of nitrogens with one attached hydrogen (secondary N) is 3. The molecule has 0 aliphatic heterocycles. The van der Waals surface area contributed by atoms with Crippen LogP contribution < -0.4 is 5.32 Å². The monoisotopic (exact) mass is 676 g/mol. The van der Waals surface area contributed by atoms with Crippen LogP contribution in [0, 0.1) is 11.8 Å². The third-order valence-electron chi connectivity index (χ3n) is 10.5. The van der Waals surface area contributed by atoms with E-state index in [1.165, 1.54) is 0 Å². The van der Waals surface area contributed by atoms with E-state index in [0.717, 1.165) is 89.5 Å². The van der Waals surface area contributed by atoms with Crippen molar-refractivity contribution in [1.29, 1.82) is 0 Å². The number of amides is 1. The molecular weight excluding hydrogens is 636 g/mol. The Morgan fingerprint density at radius 2 is 1.36 bits per heavy atom. The first-order valence-electron chi connectivity index (χ1n) is 17.4.